The van der Waals surface area contributed by atoms with Gasteiger partial charge in [-0.05, 0) is 36.8 Å². The third-order valence-corrected chi connectivity index (χ3v) is 3.73. The van der Waals surface area contributed by atoms with E-state index >= 15 is 0 Å². The Bertz CT molecular complexity index is 931. The number of nitrogens with one attached hydrogen (secondary N) is 3. The highest BCUT2D eigenvalue weighted by Crippen LogP contribution is 2.20. The molecule has 0 saturated heterocycles. The molecule has 0 atom stereocenters. The number of rotatable bonds is 5. The highest BCUT2D eigenvalue weighted by molar-refractivity contribution is 6.04. The molecule has 3 N–H and O–H groups in total. The molecule has 2 aromatic carbocycles. The molecule has 0 saturated carbocycles. The van der Waals surface area contributed by atoms with Gasteiger partial charge in [-0.3, -0.25) is 14.7 Å². The summed E-state index contributed by atoms with van der Waals surface area (Å²) in [6.07, 6.45) is 0. The molecule has 3 rings (SSSR count). The summed E-state index contributed by atoms with van der Waals surface area (Å²) < 4.78 is 0. The van der Waals surface area contributed by atoms with Crippen LogP contribution in [0.1, 0.15) is 28.7 Å². The van der Waals surface area contributed by atoms with Gasteiger partial charge < -0.3 is 10.6 Å². The molecular formula is C19H19N5O2. The van der Waals surface area contributed by atoms with Crippen LogP contribution in [0.25, 0.3) is 11.4 Å². The lowest BCUT2D eigenvalue weighted by molar-refractivity contribution is -0.119. The maximum atomic E-state index is 12.4. The molecule has 7 nitrogen and oxygen atoms in total. The number of aryl methyl sites for hydroxylation is 1. The molecule has 0 radical (unpaired) electrons. The number of carbonyl (C=O) groups is 2. The Hall–Kier alpha value is -3.48. The number of carbonyl (C=O) groups excluding carboxylic acids is 2. The average molecular weight is 349 g/mol. The molecule has 0 fully saturated rings. The summed E-state index contributed by atoms with van der Waals surface area (Å²) in [5.41, 5.74) is 2.95. The van der Waals surface area contributed by atoms with Gasteiger partial charge in [0.2, 0.25) is 5.91 Å². The zero-order chi connectivity index (χ0) is 18.5. The fourth-order valence-electron chi connectivity index (χ4n) is 2.41. The van der Waals surface area contributed by atoms with Crippen molar-refractivity contribution in [1.29, 1.82) is 0 Å². The Morgan fingerprint density at radius 2 is 1.88 bits per heavy atom. The Labute approximate surface area is 150 Å². The van der Waals surface area contributed by atoms with Gasteiger partial charge in [-0.2, -0.15) is 5.10 Å². The topological polar surface area (TPSA) is 99.8 Å². The van der Waals surface area contributed by atoms with Gasteiger partial charge in [0.25, 0.3) is 5.91 Å². The molecule has 132 valence electrons. The second-order valence-corrected chi connectivity index (χ2v) is 5.89. The van der Waals surface area contributed by atoms with E-state index in [9.17, 15) is 9.59 Å². The van der Waals surface area contributed by atoms with Crippen molar-refractivity contribution in [2.24, 2.45) is 0 Å². The van der Waals surface area contributed by atoms with E-state index in [1.807, 2.05) is 43.3 Å². The number of nitrogens with zero attached hydrogens (tertiary/aromatic N) is 2. The van der Waals surface area contributed by atoms with Gasteiger partial charge in [-0.15, -0.1) is 0 Å². The normalized spacial score (nSPS) is 10.4. The third-order valence-electron chi connectivity index (χ3n) is 3.73. The van der Waals surface area contributed by atoms with Gasteiger partial charge in [-0.25, -0.2) is 4.98 Å². The molecule has 0 aliphatic heterocycles. The minimum atomic E-state index is -0.209. The van der Waals surface area contributed by atoms with Crippen LogP contribution in [0.15, 0.2) is 48.5 Å². The first-order chi connectivity index (χ1) is 12.5. The van der Waals surface area contributed by atoms with Gasteiger partial charge >= 0.3 is 0 Å². The standard InChI is InChI=1S/C19H19N5O2/c1-12-21-18(24-23-12)16-4-3-5-17(10-16)22-19(26)15-8-6-14(7-9-15)11-20-13(2)25/h3-10H,11H2,1-2H3,(H,20,25)(H,22,26)(H,21,23,24). The molecule has 0 bridgehead atoms. The van der Waals surface area contributed by atoms with Crippen molar-refractivity contribution in [1.82, 2.24) is 20.5 Å². The van der Waals surface area contributed by atoms with Crippen LogP contribution in [0.5, 0.6) is 0 Å². The first kappa shape index (κ1) is 17.3. The van der Waals surface area contributed by atoms with E-state index in [4.69, 9.17) is 0 Å². The van der Waals surface area contributed by atoms with Crippen LogP contribution in [0.4, 0.5) is 5.69 Å². The van der Waals surface area contributed by atoms with E-state index in [-0.39, 0.29) is 11.8 Å². The smallest absolute Gasteiger partial charge is 0.255 e. The van der Waals surface area contributed by atoms with Crippen molar-refractivity contribution in [2.45, 2.75) is 20.4 Å². The molecule has 26 heavy (non-hydrogen) atoms. The number of hydrogen-bond donors (Lipinski definition) is 3. The first-order valence-corrected chi connectivity index (χ1v) is 8.15. The van der Waals surface area contributed by atoms with E-state index in [1.54, 1.807) is 12.1 Å². The van der Waals surface area contributed by atoms with Crippen molar-refractivity contribution in [2.75, 3.05) is 5.32 Å². The van der Waals surface area contributed by atoms with E-state index in [0.29, 0.717) is 23.6 Å². The van der Waals surface area contributed by atoms with E-state index < -0.39 is 0 Å². The SMILES string of the molecule is CC(=O)NCc1ccc(C(=O)Nc2cccc(-c3n[nH]c(C)n3)c2)cc1. The molecule has 1 heterocycles. The van der Waals surface area contributed by atoms with Crippen LogP contribution in [0.3, 0.4) is 0 Å². The van der Waals surface area contributed by atoms with Crippen LogP contribution in [-0.4, -0.2) is 27.0 Å². The minimum absolute atomic E-state index is 0.0895. The summed E-state index contributed by atoms with van der Waals surface area (Å²) in [7, 11) is 0. The minimum Gasteiger partial charge on any atom is -0.352 e. The molecule has 0 aliphatic rings. The van der Waals surface area contributed by atoms with Gasteiger partial charge in [0.1, 0.15) is 5.82 Å². The predicted octanol–water partition coefficient (Wildman–Crippen LogP) is 2.67. The first-order valence-electron chi connectivity index (χ1n) is 8.15. The van der Waals surface area contributed by atoms with Crippen molar-refractivity contribution in [3.05, 3.63) is 65.5 Å². The monoisotopic (exact) mass is 349 g/mol. The number of hydrogen-bond acceptors (Lipinski definition) is 4. The van der Waals surface area contributed by atoms with Crippen LogP contribution in [-0.2, 0) is 11.3 Å². The molecular weight excluding hydrogens is 330 g/mol. The summed E-state index contributed by atoms with van der Waals surface area (Å²) in [5.74, 6) is 1.02. The lowest BCUT2D eigenvalue weighted by Crippen LogP contribution is -2.19. The Morgan fingerprint density at radius 3 is 2.54 bits per heavy atom. The lowest BCUT2D eigenvalue weighted by atomic mass is 10.1. The molecule has 0 aliphatic carbocycles. The van der Waals surface area contributed by atoms with Crippen molar-refractivity contribution in [3.8, 4) is 11.4 Å². The van der Waals surface area contributed by atoms with Gasteiger partial charge in [-0.1, -0.05) is 24.3 Å². The second-order valence-electron chi connectivity index (χ2n) is 5.89. The summed E-state index contributed by atoms with van der Waals surface area (Å²) in [6.45, 7) is 3.74. The second kappa shape index (κ2) is 7.60. The molecule has 2 amide bonds. The fourth-order valence-corrected chi connectivity index (χ4v) is 2.41. The largest absolute Gasteiger partial charge is 0.352 e. The van der Waals surface area contributed by atoms with E-state index in [1.165, 1.54) is 6.92 Å². The number of aromatic amines is 1. The third kappa shape index (κ3) is 4.32. The number of H-pyrrole nitrogens is 1. The predicted molar refractivity (Wildman–Crippen MR) is 98.5 cm³/mol. The van der Waals surface area contributed by atoms with Crippen LogP contribution < -0.4 is 10.6 Å². The number of anilines is 1. The molecule has 1 aromatic heterocycles. The quantitative estimate of drug-likeness (QED) is 0.659. The zero-order valence-electron chi connectivity index (χ0n) is 14.5. The molecule has 0 spiro atoms. The highest BCUT2D eigenvalue weighted by Gasteiger charge is 2.09. The van der Waals surface area contributed by atoms with Crippen molar-refractivity contribution in [3.63, 3.8) is 0 Å². The zero-order valence-corrected chi connectivity index (χ0v) is 14.5. The lowest BCUT2D eigenvalue weighted by Gasteiger charge is -2.08. The maximum Gasteiger partial charge on any atom is 0.255 e. The molecule has 7 heteroatoms. The van der Waals surface area contributed by atoms with Gasteiger partial charge in [0.15, 0.2) is 5.82 Å². The van der Waals surface area contributed by atoms with Crippen LogP contribution in [0.2, 0.25) is 0 Å². The summed E-state index contributed by atoms with van der Waals surface area (Å²) in [5, 5.41) is 12.5. The van der Waals surface area contributed by atoms with E-state index in [0.717, 1.165) is 17.0 Å². The van der Waals surface area contributed by atoms with Gasteiger partial charge in [0, 0.05) is 30.3 Å². The number of amides is 2. The Morgan fingerprint density at radius 1 is 1.12 bits per heavy atom. The average Bonchev–Trinajstić information content (AvgIpc) is 3.07. The Kier molecular flexibility index (Phi) is 5.07. The number of benzene rings is 2. The van der Waals surface area contributed by atoms with Gasteiger partial charge in [0.05, 0.1) is 0 Å². The van der Waals surface area contributed by atoms with Crippen molar-refractivity contribution >= 4 is 17.5 Å². The Balaban J connectivity index is 1.69. The van der Waals surface area contributed by atoms with Crippen molar-refractivity contribution < 1.29 is 9.59 Å². The number of aromatic nitrogens is 3. The maximum absolute atomic E-state index is 12.4. The summed E-state index contributed by atoms with van der Waals surface area (Å²) in [6, 6.07) is 14.5. The highest BCUT2D eigenvalue weighted by atomic mass is 16.2. The fraction of sp³-hybridized carbons (Fsp3) is 0.158. The molecule has 0 unspecified atom stereocenters. The van der Waals surface area contributed by atoms with Crippen LogP contribution in [0, 0.1) is 6.92 Å². The van der Waals surface area contributed by atoms with Crippen LogP contribution >= 0.6 is 0 Å². The van der Waals surface area contributed by atoms with E-state index in [2.05, 4.69) is 25.8 Å². The summed E-state index contributed by atoms with van der Waals surface area (Å²) >= 11 is 0. The molecule has 3 aromatic rings. The summed E-state index contributed by atoms with van der Waals surface area (Å²) in [4.78, 5) is 27.7.